The van der Waals surface area contributed by atoms with E-state index >= 15 is 0 Å². The molecule has 0 aliphatic carbocycles. The van der Waals surface area contributed by atoms with Gasteiger partial charge in [-0.3, -0.25) is 10.7 Å². The Kier molecular flexibility index (Phi) is 3.97. The van der Waals surface area contributed by atoms with Crippen molar-refractivity contribution in [3.8, 4) is 0 Å². The van der Waals surface area contributed by atoms with Gasteiger partial charge in [-0.1, -0.05) is 6.92 Å². The van der Waals surface area contributed by atoms with Crippen molar-refractivity contribution in [2.75, 3.05) is 45.8 Å². The molecule has 100 valence electrons. The molecule has 0 aromatic rings. The second-order valence-electron chi connectivity index (χ2n) is 5.01. The van der Waals surface area contributed by atoms with Crippen LogP contribution in [0.5, 0.6) is 0 Å². The van der Waals surface area contributed by atoms with Gasteiger partial charge in [-0.05, 0) is 13.0 Å². The number of halogens is 2. The van der Waals surface area contributed by atoms with E-state index in [4.69, 9.17) is 5.84 Å². The molecular weight excluding hydrogens is 226 g/mol. The highest BCUT2D eigenvalue weighted by molar-refractivity contribution is 4.93. The van der Waals surface area contributed by atoms with E-state index in [1.165, 1.54) is 5.01 Å². The van der Waals surface area contributed by atoms with Gasteiger partial charge in [-0.25, -0.2) is 13.8 Å². The predicted octanol–water partition coefficient (Wildman–Crippen LogP) is 0.207. The number of hydrogen-bond acceptors (Lipinski definition) is 4. The molecule has 2 heterocycles. The zero-order valence-corrected chi connectivity index (χ0v) is 10.4. The summed E-state index contributed by atoms with van der Waals surface area (Å²) < 4.78 is 27.8. The van der Waals surface area contributed by atoms with Gasteiger partial charge in [0.2, 0.25) is 0 Å². The number of rotatable bonds is 2. The van der Waals surface area contributed by atoms with Crippen LogP contribution in [0.15, 0.2) is 0 Å². The third-order valence-electron chi connectivity index (χ3n) is 3.89. The van der Waals surface area contributed by atoms with Crippen molar-refractivity contribution >= 4 is 0 Å². The smallest absolute Gasteiger partial charge is 0.277 e. The van der Waals surface area contributed by atoms with Crippen LogP contribution < -0.4 is 5.84 Å². The van der Waals surface area contributed by atoms with Crippen molar-refractivity contribution in [3.63, 3.8) is 0 Å². The first-order valence-corrected chi connectivity index (χ1v) is 6.37. The minimum atomic E-state index is -2.68. The van der Waals surface area contributed by atoms with Gasteiger partial charge in [0, 0.05) is 32.7 Å². The van der Waals surface area contributed by atoms with Gasteiger partial charge in [-0.15, -0.1) is 0 Å². The molecule has 0 saturated carbocycles. The van der Waals surface area contributed by atoms with E-state index in [9.17, 15) is 8.78 Å². The Balaban J connectivity index is 1.93. The monoisotopic (exact) mass is 248 g/mol. The number of piperidine rings is 1. The zero-order chi connectivity index (χ0) is 12.5. The Morgan fingerprint density at radius 2 is 1.82 bits per heavy atom. The summed E-state index contributed by atoms with van der Waals surface area (Å²) >= 11 is 0. The molecule has 0 aromatic heterocycles. The molecule has 2 rings (SSSR count). The lowest BCUT2D eigenvalue weighted by molar-refractivity contribution is -0.133. The van der Waals surface area contributed by atoms with Crippen molar-refractivity contribution in [1.29, 1.82) is 0 Å². The highest BCUT2D eigenvalue weighted by Gasteiger charge is 2.47. The molecule has 1 atom stereocenters. The van der Waals surface area contributed by atoms with Crippen molar-refractivity contribution < 1.29 is 8.78 Å². The summed E-state index contributed by atoms with van der Waals surface area (Å²) in [5.74, 6) is 2.79. The number of nitrogens with zero attached hydrogens (tertiary/aromatic N) is 3. The Morgan fingerprint density at radius 1 is 1.18 bits per heavy atom. The molecular formula is C11H22F2N4. The topological polar surface area (TPSA) is 35.7 Å². The van der Waals surface area contributed by atoms with Crippen LogP contribution in [0.2, 0.25) is 0 Å². The third-order valence-corrected chi connectivity index (χ3v) is 3.89. The maximum absolute atomic E-state index is 13.9. The molecule has 0 radical (unpaired) electrons. The SMILES string of the molecule is CCN1CCN(C2CCN(N)CC2(F)F)CC1. The summed E-state index contributed by atoms with van der Waals surface area (Å²) in [5, 5.41) is 1.23. The van der Waals surface area contributed by atoms with E-state index in [1.54, 1.807) is 0 Å². The van der Waals surface area contributed by atoms with Crippen LogP contribution in [0, 0.1) is 0 Å². The maximum Gasteiger partial charge on any atom is 0.277 e. The van der Waals surface area contributed by atoms with Gasteiger partial charge in [0.25, 0.3) is 5.92 Å². The van der Waals surface area contributed by atoms with E-state index in [0.717, 1.165) is 32.7 Å². The summed E-state index contributed by atoms with van der Waals surface area (Å²) in [7, 11) is 0. The van der Waals surface area contributed by atoms with Crippen LogP contribution in [0.25, 0.3) is 0 Å². The number of alkyl halides is 2. The quantitative estimate of drug-likeness (QED) is 0.709. The van der Waals surface area contributed by atoms with E-state index in [-0.39, 0.29) is 6.54 Å². The highest BCUT2D eigenvalue weighted by atomic mass is 19.3. The Labute approximate surface area is 101 Å². The lowest BCUT2D eigenvalue weighted by Gasteiger charge is -2.45. The first-order valence-electron chi connectivity index (χ1n) is 6.37. The van der Waals surface area contributed by atoms with Gasteiger partial charge < -0.3 is 4.90 Å². The fourth-order valence-electron chi connectivity index (χ4n) is 2.80. The van der Waals surface area contributed by atoms with Crippen LogP contribution in [-0.2, 0) is 0 Å². The molecule has 0 aromatic carbocycles. The van der Waals surface area contributed by atoms with Gasteiger partial charge in [0.05, 0.1) is 12.6 Å². The Morgan fingerprint density at radius 3 is 2.35 bits per heavy atom. The van der Waals surface area contributed by atoms with E-state index < -0.39 is 12.0 Å². The average Bonchev–Trinajstić information content (AvgIpc) is 2.28. The molecule has 6 heteroatoms. The lowest BCUT2D eigenvalue weighted by Crippen LogP contribution is -2.62. The molecule has 0 amide bonds. The lowest BCUT2D eigenvalue weighted by atomic mass is 9.99. The molecule has 0 spiro atoms. The van der Waals surface area contributed by atoms with Crippen molar-refractivity contribution in [3.05, 3.63) is 0 Å². The first kappa shape index (κ1) is 13.1. The van der Waals surface area contributed by atoms with Crippen molar-refractivity contribution in [1.82, 2.24) is 14.8 Å². The Bertz CT molecular complexity index is 254. The molecule has 2 saturated heterocycles. The van der Waals surface area contributed by atoms with Gasteiger partial charge in [0.15, 0.2) is 0 Å². The predicted molar refractivity (Wildman–Crippen MR) is 62.8 cm³/mol. The highest BCUT2D eigenvalue weighted by Crippen LogP contribution is 2.30. The molecule has 0 bridgehead atoms. The largest absolute Gasteiger partial charge is 0.301 e. The zero-order valence-electron chi connectivity index (χ0n) is 10.4. The third kappa shape index (κ3) is 2.93. The summed E-state index contributed by atoms with van der Waals surface area (Å²) in [6.07, 6.45) is 0.468. The molecule has 2 aliphatic heterocycles. The van der Waals surface area contributed by atoms with Gasteiger partial charge in [0.1, 0.15) is 0 Å². The molecule has 1 unspecified atom stereocenters. The Hall–Kier alpha value is -0.300. The summed E-state index contributed by atoms with van der Waals surface area (Å²) in [6.45, 7) is 6.66. The van der Waals surface area contributed by atoms with Crippen molar-refractivity contribution in [2.24, 2.45) is 5.84 Å². The van der Waals surface area contributed by atoms with Crippen LogP contribution in [0.1, 0.15) is 13.3 Å². The van der Waals surface area contributed by atoms with Gasteiger partial charge >= 0.3 is 0 Å². The van der Waals surface area contributed by atoms with Crippen LogP contribution >= 0.6 is 0 Å². The molecule has 2 aliphatic rings. The van der Waals surface area contributed by atoms with Gasteiger partial charge in [-0.2, -0.15) is 0 Å². The maximum atomic E-state index is 13.9. The number of hydrogen-bond donors (Lipinski definition) is 1. The average molecular weight is 248 g/mol. The van der Waals surface area contributed by atoms with Crippen LogP contribution in [0.4, 0.5) is 8.78 Å². The fraction of sp³-hybridized carbons (Fsp3) is 1.00. The number of piperazine rings is 1. The van der Waals surface area contributed by atoms with E-state index in [2.05, 4.69) is 11.8 Å². The minimum absolute atomic E-state index is 0.314. The fourth-order valence-corrected chi connectivity index (χ4v) is 2.80. The molecule has 17 heavy (non-hydrogen) atoms. The number of nitrogens with two attached hydrogens (primary N) is 1. The molecule has 2 fully saturated rings. The summed E-state index contributed by atoms with van der Waals surface area (Å²) in [5.41, 5.74) is 0. The van der Waals surface area contributed by atoms with Crippen LogP contribution in [-0.4, -0.2) is 72.6 Å². The standard InChI is InChI=1S/C11H22F2N4/c1-2-15-5-7-16(8-6-15)10-3-4-17(14)9-11(10,12)13/h10H,2-9,14H2,1H3. The second-order valence-corrected chi connectivity index (χ2v) is 5.01. The van der Waals surface area contributed by atoms with E-state index in [0.29, 0.717) is 13.0 Å². The van der Waals surface area contributed by atoms with Crippen LogP contribution in [0.3, 0.4) is 0 Å². The number of hydrazine groups is 1. The minimum Gasteiger partial charge on any atom is -0.301 e. The molecule has 2 N–H and O–H groups in total. The summed E-state index contributed by atoms with van der Waals surface area (Å²) in [6, 6.07) is -0.624. The van der Waals surface area contributed by atoms with E-state index in [1.807, 2.05) is 4.90 Å². The molecule has 4 nitrogen and oxygen atoms in total. The van der Waals surface area contributed by atoms with Crippen molar-refractivity contribution in [2.45, 2.75) is 25.3 Å². The normalized spacial score (nSPS) is 32.8. The number of likely N-dealkylation sites (N-methyl/N-ethyl adjacent to an activating group) is 1. The second kappa shape index (κ2) is 5.14. The summed E-state index contributed by atoms with van der Waals surface area (Å²) in [4.78, 5) is 4.24. The first-order chi connectivity index (χ1) is 8.03.